The van der Waals surface area contributed by atoms with E-state index in [4.69, 9.17) is 0 Å². The van der Waals surface area contributed by atoms with Gasteiger partial charge in [0.15, 0.2) is 5.17 Å². The predicted octanol–water partition coefficient (Wildman–Crippen LogP) is 2.77. The quantitative estimate of drug-likeness (QED) is 0.800. The van der Waals surface area contributed by atoms with Crippen LogP contribution in [0.2, 0.25) is 0 Å². The zero-order valence-electron chi connectivity index (χ0n) is 9.84. The van der Waals surface area contributed by atoms with Crippen LogP contribution in [-0.2, 0) is 6.54 Å². The molecule has 5 heteroatoms. The average molecular weight is 314 g/mol. The SMILES string of the molecule is CCN(Cc1ccncc1)C1=NCC(CBr)S1. The van der Waals surface area contributed by atoms with Crippen LogP contribution in [0.3, 0.4) is 0 Å². The van der Waals surface area contributed by atoms with Crippen molar-refractivity contribution in [3.05, 3.63) is 30.1 Å². The molecular weight excluding hydrogens is 298 g/mol. The second-order valence-corrected chi connectivity index (χ2v) is 5.80. The summed E-state index contributed by atoms with van der Waals surface area (Å²) < 4.78 is 0. The molecule has 2 rings (SSSR count). The second-order valence-electron chi connectivity index (χ2n) is 3.89. The van der Waals surface area contributed by atoms with Crippen molar-refractivity contribution in [2.45, 2.75) is 18.7 Å². The molecule has 92 valence electrons. The van der Waals surface area contributed by atoms with E-state index in [1.54, 1.807) is 0 Å². The summed E-state index contributed by atoms with van der Waals surface area (Å²) in [6.07, 6.45) is 3.68. The first kappa shape index (κ1) is 12.9. The molecule has 1 atom stereocenters. The molecule has 1 aromatic rings. The number of aliphatic imine (C=N–C) groups is 1. The molecule has 1 unspecified atom stereocenters. The molecule has 1 aromatic heterocycles. The summed E-state index contributed by atoms with van der Waals surface area (Å²) >= 11 is 5.40. The molecule has 2 heterocycles. The van der Waals surface area contributed by atoms with Gasteiger partial charge in [-0.25, -0.2) is 0 Å². The fourth-order valence-corrected chi connectivity index (χ4v) is 3.28. The van der Waals surface area contributed by atoms with Gasteiger partial charge in [0.2, 0.25) is 0 Å². The zero-order valence-corrected chi connectivity index (χ0v) is 12.2. The smallest absolute Gasteiger partial charge is 0.159 e. The van der Waals surface area contributed by atoms with E-state index >= 15 is 0 Å². The summed E-state index contributed by atoms with van der Waals surface area (Å²) in [5.41, 5.74) is 1.28. The minimum absolute atomic E-state index is 0.594. The number of rotatable bonds is 4. The van der Waals surface area contributed by atoms with E-state index < -0.39 is 0 Å². The molecule has 1 aliphatic heterocycles. The van der Waals surface area contributed by atoms with Crippen molar-refractivity contribution in [2.24, 2.45) is 4.99 Å². The maximum absolute atomic E-state index is 4.62. The number of alkyl halides is 1. The molecule has 0 fully saturated rings. The normalized spacial score (nSPS) is 19.2. The number of aromatic nitrogens is 1. The first-order valence-electron chi connectivity index (χ1n) is 5.74. The number of nitrogens with zero attached hydrogens (tertiary/aromatic N) is 3. The van der Waals surface area contributed by atoms with Crippen LogP contribution in [0.1, 0.15) is 12.5 Å². The molecule has 0 N–H and O–H groups in total. The van der Waals surface area contributed by atoms with E-state index in [1.807, 2.05) is 24.2 Å². The van der Waals surface area contributed by atoms with Crippen LogP contribution in [0, 0.1) is 0 Å². The lowest BCUT2D eigenvalue weighted by Crippen LogP contribution is -2.27. The monoisotopic (exact) mass is 313 g/mol. The van der Waals surface area contributed by atoms with Crippen LogP contribution >= 0.6 is 27.7 Å². The number of hydrogen-bond acceptors (Lipinski definition) is 4. The average Bonchev–Trinajstić information content (AvgIpc) is 2.86. The van der Waals surface area contributed by atoms with E-state index in [2.05, 4.69) is 49.9 Å². The topological polar surface area (TPSA) is 28.5 Å². The van der Waals surface area contributed by atoms with Gasteiger partial charge in [0.1, 0.15) is 0 Å². The first-order valence-corrected chi connectivity index (χ1v) is 7.74. The van der Waals surface area contributed by atoms with Crippen LogP contribution in [0.25, 0.3) is 0 Å². The molecule has 17 heavy (non-hydrogen) atoms. The third-order valence-corrected chi connectivity index (χ3v) is 5.11. The molecule has 0 amide bonds. The summed E-state index contributed by atoms with van der Waals surface area (Å²) in [5, 5.41) is 2.78. The standard InChI is InChI=1S/C12H16BrN3S/c1-2-16(9-10-3-5-14-6-4-10)12-15-8-11(7-13)17-12/h3-6,11H,2,7-9H2,1H3. The van der Waals surface area contributed by atoms with Crippen molar-refractivity contribution < 1.29 is 0 Å². The number of pyridine rings is 1. The van der Waals surface area contributed by atoms with Crippen LogP contribution in [0.5, 0.6) is 0 Å². The van der Waals surface area contributed by atoms with E-state index in [0.29, 0.717) is 5.25 Å². The molecule has 0 aliphatic carbocycles. The van der Waals surface area contributed by atoms with Gasteiger partial charge >= 0.3 is 0 Å². The van der Waals surface area contributed by atoms with Gasteiger partial charge in [0.25, 0.3) is 0 Å². The van der Waals surface area contributed by atoms with Crippen LogP contribution in [-0.4, -0.2) is 38.7 Å². The maximum atomic E-state index is 4.62. The molecule has 1 aliphatic rings. The van der Waals surface area contributed by atoms with Crippen molar-refractivity contribution >= 4 is 32.9 Å². The fourth-order valence-electron chi connectivity index (χ4n) is 1.68. The van der Waals surface area contributed by atoms with Crippen molar-refractivity contribution in [2.75, 3.05) is 18.4 Å². The Kier molecular flexibility index (Phi) is 4.86. The van der Waals surface area contributed by atoms with Crippen molar-refractivity contribution in [1.29, 1.82) is 0 Å². The predicted molar refractivity (Wildman–Crippen MR) is 77.8 cm³/mol. The van der Waals surface area contributed by atoms with Gasteiger partial charge in [0, 0.05) is 36.1 Å². The Morgan fingerprint density at radius 3 is 2.82 bits per heavy atom. The lowest BCUT2D eigenvalue weighted by atomic mass is 10.2. The van der Waals surface area contributed by atoms with Gasteiger partial charge in [-0.2, -0.15) is 0 Å². The van der Waals surface area contributed by atoms with Gasteiger partial charge in [-0.05, 0) is 24.6 Å². The molecule has 0 spiro atoms. The summed E-state index contributed by atoms with van der Waals surface area (Å²) in [4.78, 5) is 11.0. The third kappa shape index (κ3) is 3.45. The first-order chi connectivity index (χ1) is 8.33. The molecule has 3 nitrogen and oxygen atoms in total. The van der Waals surface area contributed by atoms with Gasteiger partial charge in [0.05, 0.1) is 6.54 Å². The van der Waals surface area contributed by atoms with Crippen molar-refractivity contribution in [3.63, 3.8) is 0 Å². The van der Waals surface area contributed by atoms with E-state index in [-0.39, 0.29) is 0 Å². The lowest BCUT2D eigenvalue weighted by molar-refractivity contribution is 0.443. The Balaban J connectivity index is 1.98. The minimum Gasteiger partial charge on any atom is -0.347 e. The van der Waals surface area contributed by atoms with E-state index in [1.165, 1.54) is 10.7 Å². The molecule has 0 saturated heterocycles. The third-order valence-electron chi connectivity index (χ3n) is 2.65. The Morgan fingerprint density at radius 2 is 2.24 bits per heavy atom. The van der Waals surface area contributed by atoms with Crippen molar-refractivity contribution in [1.82, 2.24) is 9.88 Å². The van der Waals surface area contributed by atoms with Gasteiger partial charge in [-0.15, -0.1) is 0 Å². The summed E-state index contributed by atoms with van der Waals surface area (Å²) in [7, 11) is 0. The summed E-state index contributed by atoms with van der Waals surface area (Å²) in [5.74, 6) is 0. The highest BCUT2D eigenvalue weighted by molar-refractivity contribution is 9.09. The molecule has 0 radical (unpaired) electrons. The largest absolute Gasteiger partial charge is 0.347 e. The van der Waals surface area contributed by atoms with Crippen LogP contribution < -0.4 is 0 Å². The van der Waals surface area contributed by atoms with Gasteiger partial charge in [-0.3, -0.25) is 9.98 Å². The highest BCUT2D eigenvalue weighted by atomic mass is 79.9. The molecular formula is C12H16BrN3S. The summed E-state index contributed by atoms with van der Waals surface area (Å²) in [6.45, 7) is 5.01. The Labute approximate surface area is 115 Å². The fraction of sp³-hybridized carbons (Fsp3) is 0.500. The van der Waals surface area contributed by atoms with E-state index in [9.17, 15) is 0 Å². The number of amidine groups is 1. The minimum atomic E-state index is 0.594. The summed E-state index contributed by atoms with van der Waals surface area (Å²) in [6, 6.07) is 4.12. The molecule has 0 aromatic carbocycles. The molecule has 0 saturated carbocycles. The van der Waals surface area contributed by atoms with Crippen molar-refractivity contribution in [3.8, 4) is 0 Å². The Hall–Kier alpha value is -0.550. The van der Waals surface area contributed by atoms with E-state index in [0.717, 1.165) is 25.0 Å². The van der Waals surface area contributed by atoms with Gasteiger partial charge < -0.3 is 4.90 Å². The lowest BCUT2D eigenvalue weighted by Gasteiger charge is -2.22. The number of thioether (sulfide) groups is 1. The highest BCUT2D eigenvalue weighted by Gasteiger charge is 2.22. The van der Waals surface area contributed by atoms with Crippen LogP contribution in [0.15, 0.2) is 29.5 Å². The Morgan fingerprint density at radius 1 is 1.47 bits per heavy atom. The number of hydrogen-bond donors (Lipinski definition) is 0. The Bertz CT molecular complexity index is 383. The molecule has 0 bridgehead atoms. The number of halogens is 1. The van der Waals surface area contributed by atoms with Crippen LogP contribution in [0.4, 0.5) is 0 Å². The van der Waals surface area contributed by atoms with Gasteiger partial charge in [-0.1, -0.05) is 27.7 Å². The zero-order chi connectivity index (χ0) is 12.1. The second kappa shape index (κ2) is 6.40. The highest BCUT2D eigenvalue weighted by Crippen LogP contribution is 2.25. The maximum Gasteiger partial charge on any atom is 0.159 e.